The van der Waals surface area contributed by atoms with Crippen LogP contribution in [0.1, 0.15) is 20.3 Å². The lowest BCUT2D eigenvalue weighted by Gasteiger charge is -2.36. The third-order valence-corrected chi connectivity index (χ3v) is 2.23. The van der Waals surface area contributed by atoms with Crippen molar-refractivity contribution >= 4 is 11.8 Å². The van der Waals surface area contributed by atoms with Crippen LogP contribution >= 0.6 is 0 Å². The van der Waals surface area contributed by atoms with Gasteiger partial charge in [0.1, 0.15) is 0 Å². The van der Waals surface area contributed by atoms with Gasteiger partial charge in [-0.2, -0.15) is 0 Å². The minimum atomic E-state index is -1.23. The molecule has 1 heterocycles. The van der Waals surface area contributed by atoms with Gasteiger partial charge in [-0.1, -0.05) is 13.8 Å². The third kappa shape index (κ3) is 1.72. The Labute approximate surface area is 76.9 Å². The highest BCUT2D eigenvalue weighted by Crippen LogP contribution is 2.31. The van der Waals surface area contributed by atoms with Gasteiger partial charge in [-0.15, -0.1) is 0 Å². The number of ether oxygens (including phenoxy) is 1. The smallest absolute Gasteiger partial charge is 0.322 e. The van der Waals surface area contributed by atoms with E-state index in [4.69, 9.17) is 9.84 Å². The molecule has 13 heavy (non-hydrogen) atoms. The van der Waals surface area contributed by atoms with Crippen LogP contribution in [0.4, 0.5) is 0 Å². The van der Waals surface area contributed by atoms with Crippen LogP contribution in [-0.4, -0.2) is 30.1 Å². The SMILES string of the molecule is CC(C)CC(=O)C1(C(=O)O)COC1. The number of Topliss-reactive ketones (excluding diaryl/α,β-unsaturated/α-hetero) is 1. The molecule has 1 N–H and O–H groups in total. The van der Waals surface area contributed by atoms with E-state index in [2.05, 4.69) is 0 Å². The molecule has 1 aliphatic rings. The van der Waals surface area contributed by atoms with E-state index in [0.717, 1.165) is 0 Å². The fourth-order valence-corrected chi connectivity index (χ4v) is 1.28. The predicted molar refractivity (Wildman–Crippen MR) is 45.3 cm³/mol. The summed E-state index contributed by atoms with van der Waals surface area (Å²) in [7, 11) is 0. The van der Waals surface area contributed by atoms with E-state index in [9.17, 15) is 9.59 Å². The van der Waals surface area contributed by atoms with E-state index in [-0.39, 0.29) is 24.9 Å². The number of rotatable bonds is 4. The lowest BCUT2D eigenvalue weighted by Crippen LogP contribution is -2.55. The molecule has 0 aromatic rings. The Morgan fingerprint density at radius 1 is 1.46 bits per heavy atom. The average Bonchev–Trinajstić information content (AvgIpc) is 1.79. The van der Waals surface area contributed by atoms with Crippen molar-refractivity contribution in [1.29, 1.82) is 0 Å². The molecule has 0 spiro atoms. The summed E-state index contributed by atoms with van der Waals surface area (Å²) in [6.45, 7) is 3.86. The molecule has 1 saturated heterocycles. The molecule has 0 aromatic carbocycles. The highest BCUT2D eigenvalue weighted by Gasteiger charge is 2.52. The van der Waals surface area contributed by atoms with Gasteiger partial charge in [0.15, 0.2) is 11.2 Å². The summed E-state index contributed by atoms with van der Waals surface area (Å²) in [5.41, 5.74) is -1.23. The van der Waals surface area contributed by atoms with Crippen LogP contribution in [0, 0.1) is 11.3 Å². The summed E-state index contributed by atoms with van der Waals surface area (Å²) in [6, 6.07) is 0. The van der Waals surface area contributed by atoms with E-state index in [0.29, 0.717) is 6.42 Å². The minimum Gasteiger partial charge on any atom is -0.480 e. The number of hydrogen-bond donors (Lipinski definition) is 1. The van der Waals surface area contributed by atoms with Crippen LogP contribution in [0.2, 0.25) is 0 Å². The molecule has 4 heteroatoms. The maximum Gasteiger partial charge on any atom is 0.322 e. The molecule has 1 rings (SSSR count). The summed E-state index contributed by atoms with van der Waals surface area (Å²) >= 11 is 0. The molecule has 4 nitrogen and oxygen atoms in total. The van der Waals surface area contributed by atoms with E-state index in [1.54, 1.807) is 0 Å². The maximum absolute atomic E-state index is 11.5. The Morgan fingerprint density at radius 3 is 2.23 bits per heavy atom. The number of hydrogen-bond acceptors (Lipinski definition) is 3. The first-order valence-corrected chi connectivity index (χ1v) is 4.33. The molecule has 0 amide bonds. The zero-order valence-electron chi connectivity index (χ0n) is 7.87. The van der Waals surface area contributed by atoms with E-state index in [1.807, 2.05) is 13.8 Å². The molecular weight excluding hydrogens is 172 g/mol. The maximum atomic E-state index is 11.5. The van der Waals surface area contributed by atoms with Crippen LogP contribution < -0.4 is 0 Å². The van der Waals surface area contributed by atoms with Gasteiger partial charge in [-0.05, 0) is 5.92 Å². The highest BCUT2D eigenvalue weighted by atomic mass is 16.5. The molecule has 0 aliphatic carbocycles. The van der Waals surface area contributed by atoms with Crippen molar-refractivity contribution in [3.8, 4) is 0 Å². The Kier molecular flexibility index (Phi) is 2.71. The second-order valence-electron chi connectivity index (χ2n) is 3.90. The quantitative estimate of drug-likeness (QED) is 0.656. The topological polar surface area (TPSA) is 63.6 Å². The Bertz CT molecular complexity index is 228. The monoisotopic (exact) mass is 186 g/mol. The fourth-order valence-electron chi connectivity index (χ4n) is 1.28. The fraction of sp³-hybridized carbons (Fsp3) is 0.778. The van der Waals surface area contributed by atoms with Gasteiger partial charge in [0.2, 0.25) is 0 Å². The van der Waals surface area contributed by atoms with Crippen molar-refractivity contribution in [2.24, 2.45) is 11.3 Å². The van der Waals surface area contributed by atoms with Crippen molar-refractivity contribution in [2.45, 2.75) is 20.3 Å². The molecule has 74 valence electrons. The number of carboxylic acid groups (broad SMARTS) is 1. The van der Waals surface area contributed by atoms with Crippen LogP contribution in [-0.2, 0) is 14.3 Å². The zero-order valence-corrected chi connectivity index (χ0v) is 7.87. The van der Waals surface area contributed by atoms with Crippen LogP contribution in [0.15, 0.2) is 0 Å². The number of carboxylic acids is 1. The van der Waals surface area contributed by atoms with Gasteiger partial charge in [-0.3, -0.25) is 9.59 Å². The minimum absolute atomic E-state index is 0.0356. The van der Waals surface area contributed by atoms with Crippen molar-refractivity contribution in [3.63, 3.8) is 0 Å². The Hall–Kier alpha value is -0.900. The zero-order chi connectivity index (χ0) is 10.1. The van der Waals surface area contributed by atoms with Gasteiger partial charge >= 0.3 is 5.97 Å². The van der Waals surface area contributed by atoms with Gasteiger partial charge in [0.25, 0.3) is 0 Å². The normalized spacial score (nSPS) is 19.6. The first-order valence-electron chi connectivity index (χ1n) is 4.33. The first-order chi connectivity index (χ1) is 5.99. The molecule has 0 unspecified atom stereocenters. The second-order valence-corrected chi connectivity index (χ2v) is 3.90. The summed E-state index contributed by atoms with van der Waals surface area (Å²) in [4.78, 5) is 22.4. The van der Waals surface area contributed by atoms with Crippen molar-refractivity contribution < 1.29 is 19.4 Å². The largest absolute Gasteiger partial charge is 0.480 e. The molecule has 0 saturated carbocycles. The second kappa shape index (κ2) is 3.46. The number of ketones is 1. The number of aliphatic carboxylic acids is 1. The van der Waals surface area contributed by atoms with E-state index >= 15 is 0 Å². The molecule has 1 fully saturated rings. The molecular formula is C9H14O4. The molecule has 0 radical (unpaired) electrons. The third-order valence-electron chi connectivity index (χ3n) is 2.23. The average molecular weight is 186 g/mol. The van der Waals surface area contributed by atoms with Crippen molar-refractivity contribution in [1.82, 2.24) is 0 Å². The number of carbonyl (C=O) groups is 2. The van der Waals surface area contributed by atoms with Gasteiger partial charge < -0.3 is 9.84 Å². The predicted octanol–water partition coefficient (Wildman–Crippen LogP) is 0.703. The van der Waals surface area contributed by atoms with Crippen molar-refractivity contribution in [3.05, 3.63) is 0 Å². The summed E-state index contributed by atoms with van der Waals surface area (Å²) in [5, 5.41) is 8.87. The lowest BCUT2D eigenvalue weighted by molar-refractivity contribution is -0.184. The van der Waals surface area contributed by atoms with Gasteiger partial charge in [-0.25, -0.2) is 0 Å². The van der Waals surface area contributed by atoms with E-state index < -0.39 is 11.4 Å². The molecule has 0 atom stereocenters. The Morgan fingerprint density at radius 2 is 2.00 bits per heavy atom. The molecule has 0 aromatic heterocycles. The summed E-state index contributed by atoms with van der Waals surface area (Å²) in [6.07, 6.45) is 0.315. The van der Waals surface area contributed by atoms with E-state index in [1.165, 1.54) is 0 Å². The van der Waals surface area contributed by atoms with Crippen molar-refractivity contribution in [2.75, 3.05) is 13.2 Å². The van der Waals surface area contributed by atoms with Gasteiger partial charge in [0, 0.05) is 6.42 Å². The number of carbonyl (C=O) groups excluding carboxylic acids is 1. The van der Waals surface area contributed by atoms with Crippen LogP contribution in [0.3, 0.4) is 0 Å². The summed E-state index contributed by atoms with van der Waals surface area (Å²) < 4.78 is 4.80. The summed E-state index contributed by atoms with van der Waals surface area (Å²) in [5.74, 6) is -1.06. The highest BCUT2D eigenvalue weighted by molar-refractivity contribution is 6.04. The van der Waals surface area contributed by atoms with Crippen LogP contribution in [0.25, 0.3) is 0 Å². The Balaban J connectivity index is 2.66. The van der Waals surface area contributed by atoms with Gasteiger partial charge in [0.05, 0.1) is 13.2 Å². The molecule has 1 aliphatic heterocycles. The van der Waals surface area contributed by atoms with Crippen LogP contribution in [0.5, 0.6) is 0 Å². The first kappa shape index (κ1) is 10.2. The standard InChI is InChI=1S/C9H14O4/c1-6(2)3-7(10)9(8(11)12)4-13-5-9/h6H,3-5H2,1-2H3,(H,11,12). The lowest BCUT2D eigenvalue weighted by atomic mass is 9.78. The molecule has 0 bridgehead atoms.